The molecule has 5 nitrogen and oxygen atoms in total. The Hall–Kier alpha value is -1.88. The first-order chi connectivity index (χ1) is 9.24. The number of hydrogen-bond donors (Lipinski definition) is 1. The van der Waals surface area contributed by atoms with Crippen molar-refractivity contribution < 1.29 is 14.4 Å². The number of rotatable bonds is 2. The molecule has 1 fully saturated rings. The maximum atomic E-state index is 9.41. The predicted molar refractivity (Wildman–Crippen MR) is 68.9 cm³/mol. The third kappa shape index (κ3) is 2.46. The van der Waals surface area contributed by atoms with Crippen LogP contribution in [0.4, 0.5) is 0 Å². The van der Waals surface area contributed by atoms with Gasteiger partial charge in [-0.2, -0.15) is 4.98 Å². The van der Waals surface area contributed by atoms with Gasteiger partial charge < -0.3 is 14.4 Å². The van der Waals surface area contributed by atoms with E-state index in [1.165, 1.54) is 0 Å². The Labute approximate surface area is 111 Å². The van der Waals surface area contributed by atoms with Gasteiger partial charge in [0.25, 0.3) is 5.89 Å². The fourth-order valence-electron chi connectivity index (χ4n) is 2.35. The second-order valence-electron chi connectivity index (χ2n) is 4.84. The first-order valence-corrected chi connectivity index (χ1v) is 6.45. The van der Waals surface area contributed by atoms with Crippen molar-refractivity contribution in [3.05, 3.63) is 29.6 Å². The van der Waals surface area contributed by atoms with Crippen LogP contribution < -0.4 is 0 Å². The van der Waals surface area contributed by atoms with Crippen molar-refractivity contribution >= 4 is 0 Å². The predicted octanol–water partition coefficient (Wildman–Crippen LogP) is 2.64. The average molecular weight is 260 g/mol. The summed E-state index contributed by atoms with van der Waals surface area (Å²) >= 11 is 0. The second kappa shape index (κ2) is 5.01. The molecule has 0 bridgehead atoms. The Morgan fingerprint density at radius 2 is 2.05 bits per heavy atom. The zero-order chi connectivity index (χ0) is 13.2. The van der Waals surface area contributed by atoms with E-state index in [0.29, 0.717) is 11.8 Å². The Bertz CT molecular complexity index is 574. The number of hydrogen-bond acceptors (Lipinski definition) is 5. The van der Waals surface area contributed by atoms with Gasteiger partial charge in [-0.15, -0.1) is 0 Å². The molecule has 1 aliphatic heterocycles. The topological polar surface area (TPSA) is 68.4 Å². The molecule has 19 heavy (non-hydrogen) atoms. The molecular weight excluding hydrogens is 244 g/mol. The highest BCUT2D eigenvalue weighted by molar-refractivity contribution is 5.59. The fraction of sp³-hybridized carbons (Fsp3) is 0.429. The van der Waals surface area contributed by atoms with Crippen LogP contribution in [0.2, 0.25) is 0 Å². The van der Waals surface area contributed by atoms with Crippen molar-refractivity contribution in [2.75, 3.05) is 13.2 Å². The van der Waals surface area contributed by atoms with E-state index in [4.69, 9.17) is 9.26 Å². The van der Waals surface area contributed by atoms with Crippen LogP contribution in [0, 0.1) is 6.92 Å². The van der Waals surface area contributed by atoms with Crippen LogP contribution in [0.3, 0.4) is 0 Å². The maximum absolute atomic E-state index is 9.41. The first kappa shape index (κ1) is 12.2. The largest absolute Gasteiger partial charge is 0.508 e. The summed E-state index contributed by atoms with van der Waals surface area (Å²) in [5.41, 5.74) is 1.78. The van der Waals surface area contributed by atoms with E-state index in [2.05, 4.69) is 10.1 Å². The summed E-state index contributed by atoms with van der Waals surface area (Å²) in [6.45, 7) is 3.42. The van der Waals surface area contributed by atoms with Gasteiger partial charge in [-0.1, -0.05) is 5.16 Å². The zero-order valence-corrected chi connectivity index (χ0v) is 10.8. The first-order valence-electron chi connectivity index (χ1n) is 6.45. The molecule has 3 rings (SSSR count). The van der Waals surface area contributed by atoms with E-state index >= 15 is 0 Å². The van der Waals surface area contributed by atoms with Gasteiger partial charge in [0.2, 0.25) is 0 Å². The van der Waals surface area contributed by atoms with Gasteiger partial charge in [-0.05, 0) is 43.5 Å². The molecule has 2 heterocycles. The van der Waals surface area contributed by atoms with Crippen molar-refractivity contribution in [2.45, 2.75) is 25.7 Å². The highest BCUT2D eigenvalue weighted by atomic mass is 16.5. The van der Waals surface area contributed by atoms with E-state index in [1.54, 1.807) is 18.2 Å². The van der Waals surface area contributed by atoms with Crippen LogP contribution in [0.5, 0.6) is 5.75 Å². The summed E-state index contributed by atoms with van der Waals surface area (Å²) in [7, 11) is 0. The lowest BCUT2D eigenvalue weighted by molar-refractivity contribution is 0.0830. The summed E-state index contributed by atoms with van der Waals surface area (Å²) in [5.74, 6) is 1.83. The third-order valence-corrected chi connectivity index (χ3v) is 3.47. The molecule has 0 spiro atoms. The van der Waals surface area contributed by atoms with Crippen LogP contribution >= 0.6 is 0 Å². The SMILES string of the molecule is Cc1cc(O)ccc1-c1nc(C2CCOCC2)no1. The zero-order valence-electron chi connectivity index (χ0n) is 10.8. The van der Waals surface area contributed by atoms with Gasteiger partial charge in [0.05, 0.1) is 0 Å². The fourth-order valence-corrected chi connectivity index (χ4v) is 2.35. The molecule has 0 atom stereocenters. The normalized spacial score (nSPS) is 16.7. The van der Waals surface area contributed by atoms with Crippen molar-refractivity contribution in [3.63, 3.8) is 0 Å². The summed E-state index contributed by atoms with van der Waals surface area (Å²) < 4.78 is 10.7. The van der Waals surface area contributed by atoms with Crippen LogP contribution in [0.25, 0.3) is 11.5 Å². The molecular formula is C14H16N2O3. The standard InChI is InChI=1S/C14H16N2O3/c1-9-8-11(17)2-3-12(9)14-15-13(16-19-14)10-4-6-18-7-5-10/h2-3,8,10,17H,4-7H2,1H3. The Morgan fingerprint density at radius 3 is 2.79 bits per heavy atom. The van der Waals surface area contributed by atoms with Gasteiger partial charge >= 0.3 is 0 Å². The smallest absolute Gasteiger partial charge is 0.258 e. The summed E-state index contributed by atoms with van der Waals surface area (Å²) in [6, 6.07) is 5.11. The number of aromatic hydroxyl groups is 1. The average Bonchev–Trinajstić information content (AvgIpc) is 2.89. The number of phenols is 1. The number of benzene rings is 1. The molecule has 1 N–H and O–H groups in total. The highest BCUT2D eigenvalue weighted by Gasteiger charge is 2.22. The molecule has 100 valence electrons. The van der Waals surface area contributed by atoms with Gasteiger partial charge in [0, 0.05) is 24.7 Å². The summed E-state index contributed by atoms with van der Waals surface area (Å²) in [4.78, 5) is 4.48. The monoisotopic (exact) mass is 260 g/mol. The van der Waals surface area contributed by atoms with E-state index < -0.39 is 0 Å². The Morgan fingerprint density at radius 1 is 1.26 bits per heavy atom. The van der Waals surface area contributed by atoms with E-state index in [0.717, 1.165) is 43.0 Å². The molecule has 2 aromatic rings. The highest BCUT2D eigenvalue weighted by Crippen LogP contribution is 2.29. The number of aryl methyl sites for hydroxylation is 1. The molecule has 0 unspecified atom stereocenters. The lowest BCUT2D eigenvalue weighted by Gasteiger charge is -2.18. The quantitative estimate of drug-likeness (QED) is 0.899. The van der Waals surface area contributed by atoms with Crippen molar-refractivity contribution in [3.8, 4) is 17.2 Å². The molecule has 0 aliphatic carbocycles. The molecule has 1 saturated heterocycles. The molecule has 1 aliphatic rings. The molecule has 5 heteroatoms. The molecule has 1 aromatic carbocycles. The maximum Gasteiger partial charge on any atom is 0.258 e. The number of nitrogens with zero attached hydrogens (tertiary/aromatic N) is 2. The lowest BCUT2D eigenvalue weighted by Crippen LogP contribution is -2.15. The van der Waals surface area contributed by atoms with Gasteiger partial charge in [-0.25, -0.2) is 0 Å². The van der Waals surface area contributed by atoms with E-state index in [-0.39, 0.29) is 5.75 Å². The van der Waals surface area contributed by atoms with Crippen molar-refractivity contribution in [1.82, 2.24) is 10.1 Å². The number of phenolic OH excluding ortho intramolecular Hbond substituents is 1. The minimum Gasteiger partial charge on any atom is -0.508 e. The van der Waals surface area contributed by atoms with E-state index in [9.17, 15) is 5.11 Å². The van der Waals surface area contributed by atoms with Gasteiger partial charge in [0.15, 0.2) is 5.82 Å². The van der Waals surface area contributed by atoms with Gasteiger partial charge in [0.1, 0.15) is 5.75 Å². The van der Waals surface area contributed by atoms with Gasteiger partial charge in [-0.3, -0.25) is 0 Å². The van der Waals surface area contributed by atoms with Crippen LogP contribution in [-0.2, 0) is 4.74 Å². The molecule has 0 saturated carbocycles. The lowest BCUT2D eigenvalue weighted by atomic mass is 10.00. The molecule has 0 radical (unpaired) electrons. The van der Waals surface area contributed by atoms with Crippen LogP contribution in [0.15, 0.2) is 22.7 Å². The molecule has 0 amide bonds. The summed E-state index contributed by atoms with van der Waals surface area (Å²) in [6.07, 6.45) is 1.88. The number of ether oxygens (including phenoxy) is 1. The van der Waals surface area contributed by atoms with Crippen LogP contribution in [0.1, 0.15) is 30.1 Å². The Balaban J connectivity index is 1.87. The number of aromatic nitrogens is 2. The van der Waals surface area contributed by atoms with Crippen molar-refractivity contribution in [2.24, 2.45) is 0 Å². The third-order valence-electron chi connectivity index (χ3n) is 3.47. The van der Waals surface area contributed by atoms with Crippen LogP contribution in [-0.4, -0.2) is 28.5 Å². The minimum atomic E-state index is 0.241. The Kier molecular flexibility index (Phi) is 3.21. The van der Waals surface area contributed by atoms with E-state index in [1.807, 2.05) is 6.92 Å². The second-order valence-corrected chi connectivity index (χ2v) is 4.84. The molecule has 1 aromatic heterocycles. The minimum absolute atomic E-state index is 0.241. The summed E-state index contributed by atoms with van der Waals surface area (Å²) in [5, 5.41) is 13.5. The van der Waals surface area contributed by atoms with Crippen molar-refractivity contribution in [1.29, 1.82) is 0 Å².